The Kier molecular flexibility index (Phi) is 6.10. The Hall–Kier alpha value is -1.34. The molecule has 0 amide bonds. The molecule has 3 rings (SSSR count). The Morgan fingerprint density at radius 2 is 2.22 bits per heavy atom. The fourth-order valence-corrected chi connectivity index (χ4v) is 3.29. The minimum absolute atomic E-state index is 0.571. The number of aromatic nitrogens is 1. The van der Waals surface area contributed by atoms with E-state index in [4.69, 9.17) is 21.1 Å². The van der Waals surface area contributed by atoms with Gasteiger partial charge in [0.2, 0.25) is 0 Å². The summed E-state index contributed by atoms with van der Waals surface area (Å²) in [4.78, 5) is 7.50. The molecule has 1 aromatic carbocycles. The summed E-state index contributed by atoms with van der Waals surface area (Å²) in [5.41, 5.74) is 1.03. The van der Waals surface area contributed by atoms with Gasteiger partial charge in [-0.05, 0) is 12.1 Å². The molecule has 0 unspecified atom stereocenters. The first-order valence-corrected chi connectivity index (χ1v) is 8.86. The predicted molar refractivity (Wildman–Crippen MR) is 93.6 cm³/mol. The first-order valence-electron chi connectivity index (χ1n) is 7.67. The number of thiazole rings is 1. The van der Waals surface area contributed by atoms with Crippen molar-refractivity contribution in [2.75, 3.05) is 44.8 Å². The van der Waals surface area contributed by atoms with Crippen LogP contribution in [0.1, 0.15) is 4.88 Å². The van der Waals surface area contributed by atoms with Crippen LogP contribution in [0.5, 0.6) is 5.75 Å². The lowest BCUT2D eigenvalue weighted by Gasteiger charge is -2.26. The van der Waals surface area contributed by atoms with Crippen LogP contribution in [0.2, 0.25) is 4.47 Å². The topological polar surface area (TPSA) is 46.6 Å². The zero-order chi connectivity index (χ0) is 15.9. The number of morpholine rings is 1. The van der Waals surface area contributed by atoms with Crippen LogP contribution < -0.4 is 10.1 Å². The molecule has 0 atom stereocenters. The largest absolute Gasteiger partial charge is 0.492 e. The van der Waals surface area contributed by atoms with Crippen molar-refractivity contribution in [1.82, 2.24) is 9.88 Å². The number of nitrogens with zero attached hydrogens (tertiary/aromatic N) is 2. The van der Waals surface area contributed by atoms with Crippen molar-refractivity contribution in [2.24, 2.45) is 0 Å². The Balaban J connectivity index is 1.44. The molecule has 0 saturated carbocycles. The van der Waals surface area contributed by atoms with Gasteiger partial charge >= 0.3 is 0 Å². The minimum atomic E-state index is 0.571. The zero-order valence-corrected chi connectivity index (χ0v) is 14.4. The molecule has 1 aromatic heterocycles. The van der Waals surface area contributed by atoms with E-state index in [-0.39, 0.29) is 0 Å². The maximum Gasteiger partial charge on any atom is 0.183 e. The molecule has 23 heavy (non-hydrogen) atoms. The van der Waals surface area contributed by atoms with E-state index in [1.54, 1.807) is 6.20 Å². The molecular weight excluding hydrogens is 334 g/mol. The van der Waals surface area contributed by atoms with Gasteiger partial charge in [0.15, 0.2) is 4.47 Å². The van der Waals surface area contributed by atoms with Gasteiger partial charge in [0, 0.05) is 42.5 Å². The van der Waals surface area contributed by atoms with Crippen LogP contribution in [0.25, 0.3) is 0 Å². The monoisotopic (exact) mass is 353 g/mol. The van der Waals surface area contributed by atoms with Gasteiger partial charge in [0.05, 0.1) is 19.8 Å². The first kappa shape index (κ1) is 16.5. The van der Waals surface area contributed by atoms with Crippen LogP contribution in [0.3, 0.4) is 0 Å². The number of benzene rings is 1. The summed E-state index contributed by atoms with van der Waals surface area (Å²) in [5, 5.41) is 3.36. The van der Waals surface area contributed by atoms with Crippen LogP contribution in [-0.4, -0.2) is 49.3 Å². The second-order valence-corrected chi connectivity index (χ2v) is 6.96. The van der Waals surface area contributed by atoms with E-state index >= 15 is 0 Å². The van der Waals surface area contributed by atoms with E-state index < -0.39 is 0 Å². The number of ether oxygens (including phenoxy) is 2. The quantitative estimate of drug-likeness (QED) is 0.828. The van der Waals surface area contributed by atoms with Crippen LogP contribution in [0.15, 0.2) is 30.5 Å². The van der Waals surface area contributed by atoms with Gasteiger partial charge in [-0.1, -0.05) is 17.7 Å². The van der Waals surface area contributed by atoms with Crippen molar-refractivity contribution in [3.63, 3.8) is 0 Å². The minimum Gasteiger partial charge on any atom is -0.492 e. The van der Waals surface area contributed by atoms with Gasteiger partial charge in [-0.3, -0.25) is 4.90 Å². The fraction of sp³-hybridized carbons (Fsp3) is 0.438. The molecule has 0 radical (unpaired) electrons. The number of rotatable bonds is 7. The molecule has 124 valence electrons. The number of anilines is 1. The lowest BCUT2D eigenvalue weighted by atomic mass is 10.3. The van der Waals surface area contributed by atoms with E-state index in [2.05, 4.69) is 15.2 Å². The lowest BCUT2D eigenvalue weighted by Crippen LogP contribution is -2.38. The molecule has 0 aliphatic carbocycles. The van der Waals surface area contributed by atoms with Crippen LogP contribution in [-0.2, 0) is 11.3 Å². The van der Waals surface area contributed by atoms with Gasteiger partial charge in [-0.2, -0.15) is 0 Å². The molecule has 2 heterocycles. The van der Waals surface area contributed by atoms with Crippen molar-refractivity contribution < 1.29 is 9.47 Å². The highest BCUT2D eigenvalue weighted by Crippen LogP contribution is 2.21. The maximum atomic E-state index is 5.85. The summed E-state index contributed by atoms with van der Waals surface area (Å²) >= 11 is 7.32. The average Bonchev–Trinajstić information content (AvgIpc) is 3.00. The van der Waals surface area contributed by atoms with Gasteiger partial charge < -0.3 is 14.8 Å². The Morgan fingerprint density at radius 1 is 1.35 bits per heavy atom. The van der Waals surface area contributed by atoms with Gasteiger partial charge in [-0.15, -0.1) is 11.3 Å². The highest BCUT2D eigenvalue weighted by molar-refractivity contribution is 7.15. The zero-order valence-electron chi connectivity index (χ0n) is 12.8. The molecule has 1 fully saturated rings. The van der Waals surface area contributed by atoms with Crippen LogP contribution in [0.4, 0.5) is 5.69 Å². The molecule has 1 aliphatic heterocycles. The highest BCUT2D eigenvalue weighted by atomic mass is 35.5. The third-order valence-corrected chi connectivity index (χ3v) is 4.72. The highest BCUT2D eigenvalue weighted by Gasteiger charge is 2.09. The normalized spacial score (nSPS) is 15.5. The third kappa shape index (κ3) is 5.35. The summed E-state index contributed by atoms with van der Waals surface area (Å²) in [6, 6.07) is 8.01. The van der Waals surface area contributed by atoms with E-state index in [1.165, 1.54) is 11.3 Å². The van der Waals surface area contributed by atoms with Crippen molar-refractivity contribution in [3.05, 3.63) is 39.8 Å². The number of hydrogen-bond donors (Lipinski definition) is 1. The molecule has 2 aromatic rings. The SMILES string of the molecule is Clc1ncc(CNc2cccc(OCCN3CCOCC3)c2)s1. The number of halogens is 1. The molecule has 7 heteroatoms. The number of nitrogens with one attached hydrogen (secondary N) is 1. The summed E-state index contributed by atoms with van der Waals surface area (Å²) in [5.74, 6) is 0.880. The second kappa shape index (κ2) is 8.49. The summed E-state index contributed by atoms with van der Waals surface area (Å²) in [6.45, 7) is 5.95. The van der Waals surface area contributed by atoms with Crippen molar-refractivity contribution in [2.45, 2.75) is 6.54 Å². The molecule has 0 spiro atoms. The molecule has 1 saturated heterocycles. The Morgan fingerprint density at radius 3 is 3.00 bits per heavy atom. The van der Waals surface area contributed by atoms with E-state index in [1.807, 2.05) is 24.3 Å². The maximum absolute atomic E-state index is 5.85. The van der Waals surface area contributed by atoms with Crippen LogP contribution >= 0.6 is 22.9 Å². The number of hydrogen-bond acceptors (Lipinski definition) is 6. The average molecular weight is 354 g/mol. The van der Waals surface area contributed by atoms with Crippen molar-refractivity contribution in [1.29, 1.82) is 0 Å². The Labute approximate surface area is 145 Å². The van der Waals surface area contributed by atoms with E-state index in [0.717, 1.165) is 49.2 Å². The summed E-state index contributed by atoms with van der Waals surface area (Å²) < 4.78 is 11.8. The summed E-state index contributed by atoms with van der Waals surface area (Å²) in [6.07, 6.45) is 1.79. The van der Waals surface area contributed by atoms with Gasteiger partial charge in [-0.25, -0.2) is 4.98 Å². The third-order valence-electron chi connectivity index (χ3n) is 3.61. The second-order valence-electron chi connectivity index (χ2n) is 5.26. The van der Waals surface area contributed by atoms with Crippen molar-refractivity contribution >= 4 is 28.6 Å². The van der Waals surface area contributed by atoms with Crippen LogP contribution in [0, 0.1) is 0 Å². The molecule has 5 nitrogen and oxygen atoms in total. The molecule has 0 bridgehead atoms. The van der Waals surface area contributed by atoms with E-state index in [9.17, 15) is 0 Å². The van der Waals surface area contributed by atoms with Gasteiger partial charge in [0.25, 0.3) is 0 Å². The van der Waals surface area contributed by atoms with Crippen molar-refractivity contribution in [3.8, 4) is 5.75 Å². The standard InChI is InChI=1S/C16H20ClN3O2S/c17-16-19-12-15(23-16)11-18-13-2-1-3-14(10-13)22-9-6-20-4-7-21-8-5-20/h1-3,10,12,18H,4-9,11H2. The fourth-order valence-electron chi connectivity index (χ4n) is 2.37. The Bertz CT molecular complexity index is 617. The van der Waals surface area contributed by atoms with E-state index in [0.29, 0.717) is 17.6 Å². The molecule has 1 aliphatic rings. The summed E-state index contributed by atoms with van der Waals surface area (Å²) in [7, 11) is 0. The smallest absolute Gasteiger partial charge is 0.183 e. The van der Waals surface area contributed by atoms with Gasteiger partial charge in [0.1, 0.15) is 12.4 Å². The molecular formula is C16H20ClN3O2S. The predicted octanol–water partition coefficient (Wildman–Crippen LogP) is 3.12. The first-order chi connectivity index (χ1) is 11.3. The molecule has 1 N–H and O–H groups in total. The lowest BCUT2D eigenvalue weighted by molar-refractivity contribution is 0.0322.